The van der Waals surface area contributed by atoms with Crippen molar-refractivity contribution in [3.05, 3.63) is 59.7 Å². The molecule has 0 bridgehead atoms. The number of piperidine rings is 1. The summed E-state index contributed by atoms with van der Waals surface area (Å²) in [5, 5.41) is 12.3. The number of alkyl carbamates (subject to hydrolysis) is 1. The third kappa shape index (κ3) is 5.50. The first kappa shape index (κ1) is 24.8. The van der Waals surface area contributed by atoms with Crippen LogP contribution in [0.3, 0.4) is 0 Å². The number of hydrogen-bond donors (Lipinski definition) is 2. The molecule has 2 amide bonds. The summed E-state index contributed by atoms with van der Waals surface area (Å²) in [6, 6.07) is 16.4. The molecule has 0 saturated carbocycles. The summed E-state index contributed by atoms with van der Waals surface area (Å²) in [7, 11) is 0. The highest BCUT2D eigenvalue weighted by Gasteiger charge is 2.34. The van der Waals surface area contributed by atoms with E-state index in [0.717, 1.165) is 11.1 Å². The minimum Gasteiger partial charge on any atom is -0.481 e. The Morgan fingerprint density at radius 1 is 1.06 bits per heavy atom. The lowest BCUT2D eigenvalue weighted by atomic mass is 9.87. The average Bonchev–Trinajstić information content (AvgIpc) is 3.15. The molecule has 0 spiro atoms. The van der Waals surface area contributed by atoms with Gasteiger partial charge in [0, 0.05) is 31.0 Å². The van der Waals surface area contributed by atoms with Crippen molar-refractivity contribution in [3.8, 4) is 11.1 Å². The van der Waals surface area contributed by atoms with Crippen LogP contribution in [-0.4, -0.2) is 53.2 Å². The average molecular weight is 479 g/mol. The number of fused-ring (bicyclic) bond motifs is 3. The van der Waals surface area contributed by atoms with Crippen molar-refractivity contribution in [3.63, 3.8) is 0 Å². The zero-order valence-corrected chi connectivity index (χ0v) is 20.6. The number of amides is 2. The highest BCUT2D eigenvalue weighted by Crippen LogP contribution is 2.44. The second kappa shape index (κ2) is 10.1. The summed E-state index contributed by atoms with van der Waals surface area (Å²) in [6.45, 7) is 6.69. The van der Waals surface area contributed by atoms with Crippen LogP contribution in [0.15, 0.2) is 48.5 Å². The standard InChI is InChI=1S/C28H34N2O5/c1-18-13-15-30(16-23(18)26(32)33)25(31)12-14-28(2,3)29-27(34)35-17-24-21-10-6-4-8-19(21)20-9-5-7-11-22(20)24/h4-11,18,23-24H,12-17H2,1-3H3,(H,29,34)(H,32,33). The van der Waals surface area contributed by atoms with Gasteiger partial charge >= 0.3 is 12.1 Å². The van der Waals surface area contributed by atoms with E-state index >= 15 is 0 Å². The van der Waals surface area contributed by atoms with Gasteiger partial charge in [0.05, 0.1) is 5.92 Å². The molecular weight excluding hydrogens is 444 g/mol. The van der Waals surface area contributed by atoms with Gasteiger partial charge in [-0.25, -0.2) is 4.79 Å². The van der Waals surface area contributed by atoms with Gasteiger partial charge in [0.2, 0.25) is 5.91 Å². The fraction of sp³-hybridized carbons (Fsp3) is 0.464. The quantitative estimate of drug-likeness (QED) is 0.604. The summed E-state index contributed by atoms with van der Waals surface area (Å²) in [6.07, 6.45) is 0.837. The van der Waals surface area contributed by atoms with E-state index in [4.69, 9.17) is 4.74 Å². The van der Waals surface area contributed by atoms with Crippen molar-refractivity contribution < 1.29 is 24.2 Å². The maximum atomic E-state index is 12.7. The normalized spacial score (nSPS) is 19.6. The third-order valence-electron chi connectivity index (χ3n) is 7.38. The number of likely N-dealkylation sites (tertiary alicyclic amines) is 1. The van der Waals surface area contributed by atoms with Gasteiger partial charge in [-0.2, -0.15) is 0 Å². The topological polar surface area (TPSA) is 95.9 Å². The highest BCUT2D eigenvalue weighted by molar-refractivity contribution is 5.79. The number of carbonyl (C=O) groups is 3. The van der Waals surface area contributed by atoms with Gasteiger partial charge in [-0.15, -0.1) is 0 Å². The Kier molecular flexibility index (Phi) is 7.15. The Hall–Kier alpha value is -3.35. The molecule has 7 nitrogen and oxygen atoms in total. The van der Waals surface area contributed by atoms with E-state index in [2.05, 4.69) is 29.6 Å². The third-order valence-corrected chi connectivity index (χ3v) is 7.38. The van der Waals surface area contributed by atoms with Crippen LogP contribution in [0.2, 0.25) is 0 Å². The number of rotatable bonds is 7. The number of aliphatic carboxylic acids is 1. The predicted molar refractivity (Wildman–Crippen MR) is 133 cm³/mol. The van der Waals surface area contributed by atoms with Crippen LogP contribution >= 0.6 is 0 Å². The van der Waals surface area contributed by atoms with Crippen molar-refractivity contribution in [2.24, 2.45) is 11.8 Å². The van der Waals surface area contributed by atoms with E-state index < -0.39 is 23.5 Å². The molecule has 1 aliphatic carbocycles. The Morgan fingerprint density at radius 3 is 2.26 bits per heavy atom. The first-order valence-electron chi connectivity index (χ1n) is 12.3. The fourth-order valence-corrected chi connectivity index (χ4v) is 5.17. The monoisotopic (exact) mass is 478 g/mol. The molecule has 35 heavy (non-hydrogen) atoms. The van der Waals surface area contributed by atoms with Gasteiger partial charge in [0.1, 0.15) is 6.61 Å². The largest absolute Gasteiger partial charge is 0.481 e. The van der Waals surface area contributed by atoms with Crippen molar-refractivity contribution >= 4 is 18.0 Å². The SMILES string of the molecule is CC1CCN(C(=O)CCC(C)(C)NC(=O)OCC2c3ccccc3-c3ccccc32)CC1C(=O)O. The van der Waals surface area contributed by atoms with Gasteiger partial charge < -0.3 is 20.1 Å². The molecule has 4 rings (SSSR count). The lowest BCUT2D eigenvalue weighted by Gasteiger charge is -2.35. The summed E-state index contributed by atoms with van der Waals surface area (Å²) in [5.41, 5.74) is 4.01. The molecular formula is C28H34N2O5. The van der Waals surface area contributed by atoms with E-state index in [1.807, 2.05) is 45.0 Å². The number of benzene rings is 2. The van der Waals surface area contributed by atoms with E-state index in [1.54, 1.807) is 4.90 Å². The Bertz CT molecular complexity index is 1070. The van der Waals surface area contributed by atoms with E-state index in [0.29, 0.717) is 19.4 Å². The van der Waals surface area contributed by atoms with E-state index in [1.165, 1.54) is 11.1 Å². The van der Waals surface area contributed by atoms with Crippen LogP contribution in [0, 0.1) is 11.8 Å². The molecule has 2 aliphatic rings. The van der Waals surface area contributed by atoms with Crippen LogP contribution in [0.1, 0.15) is 57.1 Å². The highest BCUT2D eigenvalue weighted by atomic mass is 16.5. The van der Waals surface area contributed by atoms with Gasteiger partial charge in [0.25, 0.3) is 0 Å². The van der Waals surface area contributed by atoms with Crippen LogP contribution < -0.4 is 5.32 Å². The van der Waals surface area contributed by atoms with Crippen LogP contribution in [0.25, 0.3) is 11.1 Å². The molecule has 2 atom stereocenters. The predicted octanol–water partition coefficient (Wildman–Crippen LogP) is 4.65. The second-order valence-corrected chi connectivity index (χ2v) is 10.4. The number of hydrogen-bond acceptors (Lipinski definition) is 4. The summed E-state index contributed by atoms with van der Waals surface area (Å²) < 4.78 is 5.64. The lowest BCUT2D eigenvalue weighted by Crippen LogP contribution is -2.47. The Balaban J connectivity index is 1.29. The van der Waals surface area contributed by atoms with Crippen molar-refractivity contribution in [1.29, 1.82) is 0 Å². The lowest BCUT2D eigenvalue weighted by molar-refractivity contribution is -0.148. The number of carboxylic acid groups (broad SMARTS) is 1. The minimum absolute atomic E-state index is 0.0125. The van der Waals surface area contributed by atoms with Gasteiger partial charge in [0.15, 0.2) is 0 Å². The summed E-state index contributed by atoms with van der Waals surface area (Å²) in [5.74, 6) is -1.41. The molecule has 0 radical (unpaired) electrons. The van der Waals surface area contributed by atoms with Crippen molar-refractivity contribution in [2.75, 3.05) is 19.7 Å². The first-order chi connectivity index (χ1) is 16.7. The number of nitrogens with zero attached hydrogens (tertiary/aromatic N) is 1. The first-order valence-corrected chi connectivity index (χ1v) is 12.3. The summed E-state index contributed by atoms with van der Waals surface area (Å²) >= 11 is 0. The molecule has 7 heteroatoms. The van der Waals surface area contributed by atoms with Gasteiger partial charge in [-0.3, -0.25) is 9.59 Å². The molecule has 0 aromatic heterocycles. The number of ether oxygens (including phenoxy) is 1. The molecule has 186 valence electrons. The number of nitrogens with one attached hydrogen (secondary N) is 1. The molecule has 1 fully saturated rings. The second-order valence-electron chi connectivity index (χ2n) is 10.4. The molecule has 2 unspecified atom stereocenters. The van der Waals surface area contributed by atoms with Crippen LogP contribution in [0.5, 0.6) is 0 Å². The van der Waals surface area contributed by atoms with E-state index in [-0.39, 0.29) is 37.3 Å². The summed E-state index contributed by atoms with van der Waals surface area (Å²) in [4.78, 5) is 38.5. The Labute approximate surface area is 206 Å². The zero-order valence-electron chi connectivity index (χ0n) is 20.6. The molecule has 2 N–H and O–H groups in total. The minimum atomic E-state index is -0.854. The van der Waals surface area contributed by atoms with Crippen molar-refractivity contribution in [2.45, 2.75) is 51.5 Å². The fourth-order valence-electron chi connectivity index (χ4n) is 5.17. The molecule has 2 aromatic rings. The van der Waals surface area contributed by atoms with Crippen molar-refractivity contribution in [1.82, 2.24) is 10.2 Å². The molecule has 1 saturated heterocycles. The van der Waals surface area contributed by atoms with Crippen LogP contribution in [-0.2, 0) is 14.3 Å². The molecule has 2 aromatic carbocycles. The van der Waals surface area contributed by atoms with E-state index in [9.17, 15) is 19.5 Å². The molecule has 1 aliphatic heterocycles. The maximum absolute atomic E-state index is 12.7. The van der Waals surface area contributed by atoms with Gasteiger partial charge in [-0.1, -0.05) is 55.5 Å². The number of carboxylic acids is 1. The number of carbonyl (C=O) groups excluding carboxylic acids is 2. The smallest absolute Gasteiger partial charge is 0.407 e. The van der Waals surface area contributed by atoms with Gasteiger partial charge in [-0.05, 0) is 54.9 Å². The van der Waals surface area contributed by atoms with Crippen LogP contribution in [0.4, 0.5) is 4.79 Å². The Morgan fingerprint density at radius 2 is 1.66 bits per heavy atom. The maximum Gasteiger partial charge on any atom is 0.407 e. The zero-order chi connectivity index (χ0) is 25.2. The molecule has 1 heterocycles.